The predicted molar refractivity (Wildman–Crippen MR) is 70.1 cm³/mol. The van der Waals surface area contributed by atoms with Gasteiger partial charge in [0, 0.05) is 21.7 Å². The van der Waals surface area contributed by atoms with Crippen molar-refractivity contribution in [1.29, 1.82) is 0 Å². The fourth-order valence-corrected chi connectivity index (χ4v) is 2.02. The molecule has 1 aromatic carbocycles. The van der Waals surface area contributed by atoms with Crippen molar-refractivity contribution in [2.75, 3.05) is 0 Å². The first-order valence-corrected chi connectivity index (χ1v) is 5.53. The third-order valence-electron chi connectivity index (χ3n) is 2.59. The highest BCUT2D eigenvalue weighted by Crippen LogP contribution is 2.33. The van der Waals surface area contributed by atoms with Crippen molar-refractivity contribution in [2.45, 2.75) is 26.3 Å². The first-order chi connectivity index (χ1) is 6.57. The van der Waals surface area contributed by atoms with E-state index in [0.717, 1.165) is 12.0 Å². The van der Waals surface area contributed by atoms with Crippen LogP contribution in [0.15, 0.2) is 18.2 Å². The average molecular weight is 269 g/mol. The molecule has 2 atom stereocenters. The Hall–Kier alpha value is 0.0500. The van der Waals surface area contributed by atoms with Crippen LogP contribution in [0.5, 0.6) is 0 Å². The molecule has 1 rings (SSSR count). The molecule has 15 heavy (non-hydrogen) atoms. The van der Waals surface area contributed by atoms with E-state index in [1.54, 1.807) is 0 Å². The smallest absolute Gasteiger partial charge is 0.0468 e. The van der Waals surface area contributed by atoms with E-state index in [2.05, 4.69) is 13.8 Å². The SMILES string of the molecule is CCC(C)[C@H](N)c1c(Cl)cccc1Cl.Cl. The van der Waals surface area contributed by atoms with Gasteiger partial charge in [-0.05, 0) is 18.1 Å². The van der Waals surface area contributed by atoms with E-state index >= 15 is 0 Å². The summed E-state index contributed by atoms with van der Waals surface area (Å²) in [7, 11) is 0. The van der Waals surface area contributed by atoms with Gasteiger partial charge in [0.2, 0.25) is 0 Å². The van der Waals surface area contributed by atoms with Crippen LogP contribution in [-0.4, -0.2) is 0 Å². The molecule has 0 amide bonds. The van der Waals surface area contributed by atoms with Gasteiger partial charge in [-0.3, -0.25) is 0 Å². The molecule has 4 heteroatoms. The van der Waals surface area contributed by atoms with Crippen molar-refractivity contribution in [3.05, 3.63) is 33.8 Å². The first kappa shape index (κ1) is 15.0. The van der Waals surface area contributed by atoms with Gasteiger partial charge < -0.3 is 5.73 Å². The lowest BCUT2D eigenvalue weighted by Gasteiger charge is -2.20. The molecule has 0 aliphatic rings. The van der Waals surface area contributed by atoms with Gasteiger partial charge in [0.1, 0.15) is 0 Å². The molecule has 2 N–H and O–H groups in total. The van der Waals surface area contributed by atoms with E-state index in [4.69, 9.17) is 28.9 Å². The van der Waals surface area contributed by atoms with E-state index < -0.39 is 0 Å². The molecule has 0 saturated carbocycles. The summed E-state index contributed by atoms with van der Waals surface area (Å²) in [4.78, 5) is 0. The lowest BCUT2D eigenvalue weighted by atomic mass is 9.93. The molecule has 1 nitrogen and oxygen atoms in total. The molecule has 0 radical (unpaired) electrons. The Balaban J connectivity index is 0.00000196. The first-order valence-electron chi connectivity index (χ1n) is 4.77. The Labute approximate surface area is 107 Å². The molecule has 0 aromatic heterocycles. The summed E-state index contributed by atoms with van der Waals surface area (Å²) in [5.41, 5.74) is 6.95. The lowest BCUT2D eigenvalue weighted by Crippen LogP contribution is -2.19. The van der Waals surface area contributed by atoms with E-state index in [1.807, 2.05) is 18.2 Å². The Kier molecular flexibility index (Phi) is 6.62. The monoisotopic (exact) mass is 267 g/mol. The fourth-order valence-electron chi connectivity index (χ4n) is 1.37. The maximum Gasteiger partial charge on any atom is 0.0468 e. The second kappa shape index (κ2) is 6.59. The van der Waals surface area contributed by atoms with E-state index in [0.29, 0.717) is 16.0 Å². The second-order valence-electron chi connectivity index (χ2n) is 3.55. The van der Waals surface area contributed by atoms with Gasteiger partial charge in [-0.2, -0.15) is 0 Å². The maximum atomic E-state index is 6.08. The number of hydrogen-bond donors (Lipinski definition) is 1. The lowest BCUT2D eigenvalue weighted by molar-refractivity contribution is 0.457. The Morgan fingerprint density at radius 2 is 1.73 bits per heavy atom. The summed E-state index contributed by atoms with van der Waals surface area (Å²) in [6.45, 7) is 4.21. The van der Waals surface area contributed by atoms with Gasteiger partial charge in [0.15, 0.2) is 0 Å². The molecule has 86 valence electrons. The molecular weight excluding hydrogens is 252 g/mol. The number of benzene rings is 1. The normalized spacial score (nSPS) is 14.2. The number of nitrogens with two attached hydrogens (primary N) is 1. The summed E-state index contributed by atoms with van der Waals surface area (Å²) >= 11 is 12.1. The fraction of sp³-hybridized carbons (Fsp3) is 0.455. The predicted octanol–water partition coefficient (Wildman–Crippen LogP) is 4.46. The molecule has 1 aromatic rings. The molecule has 0 heterocycles. The molecule has 1 unspecified atom stereocenters. The van der Waals surface area contributed by atoms with E-state index in [9.17, 15) is 0 Å². The zero-order chi connectivity index (χ0) is 10.7. The second-order valence-corrected chi connectivity index (χ2v) is 4.36. The molecule has 0 aliphatic heterocycles. The van der Waals surface area contributed by atoms with Gasteiger partial charge in [0.05, 0.1) is 0 Å². The summed E-state index contributed by atoms with van der Waals surface area (Å²) in [6, 6.07) is 5.40. The van der Waals surface area contributed by atoms with Gasteiger partial charge in [-0.15, -0.1) is 12.4 Å². The Bertz CT molecular complexity index is 294. The minimum Gasteiger partial charge on any atom is -0.324 e. The molecular formula is C11H16Cl3N. The summed E-state index contributed by atoms with van der Waals surface area (Å²) < 4.78 is 0. The summed E-state index contributed by atoms with van der Waals surface area (Å²) in [5, 5.41) is 1.32. The molecule has 0 aliphatic carbocycles. The van der Waals surface area contributed by atoms with E-state index in [-0.39, 0.29) is 18.4 Å². The highest BCUT2D eigenvalue weighted by Gasteiger charge is 2.18. The van der Waals surface area contributed by atoms with Crippen molar-refractivity contribution < 1.29 is 0 Å². The summed E-state index contributed by atoms with van der Waals surface area (Å²) in [6.07, 6.45) is 1.02. The van der Waals surface area contributed by atoms with Crippen LogP contribution in [0.25, 0.3) is 0 Å². The largest absolute Gasteiger partial charge is 0.324 e. The zero-order valence-electron chi connectivity index (χ0n) is 8.84. The van der Waals surface area contributed by atoms with Crippen LogP contribution in [0.1, 0.15) is 31.9 Å². The van der Waals surface area contributed by atoms with Crippen molar-refractivity contribution in [2.24, 2.45) is 11.7 Å². The Morgan fingerprint density at radius 3 is 2.13 bits per heavy atom. The van der Waals surface area contributed by atoms with Gasteiger partial charge in [0.25, 0.3) is 0 Å². The van der Waals surface area contributed by atoms with Gasteiger partial charge in [-0.25, -0.2) is 0 Å². The van der Waals surface area contributed by atoms with Crippen LogP contribution in [0.3, 0.4) is 0 Å². The zero-order valence-corrected chi connectivity index (χ0v) is 11.2. The third-order valence-corrected chi connectivity index (χ3v) is 3.25. The molecule has 0 fully saturated rings. The van der Waals surface area contributed by atoms with Crippen LogP contribution in [-0.2, 0) is 0 Å². The van der Waals surface area contributed by atoms with Crippen LogP contribution < -0.4 is 5.73 Å². The average Bonchev–Trinajstić information content (AvgIpc) is 2.16. The standard InChI is InChI=1S/C11H15Cl2N.ClH/c1-3-7(2)11(14)10-8(12)5-4-6-9(10)13;/h4-7,11H,3,14H2,1-2H3;1H/t7?,11-;/m0./s1. The molecule has 0 bridgehead atoms. The number of rotatable bonds is 3. The van der Waals surface area contributed by atoms with Crippen molar-refractivity contribution in [1.82, 2.24) is 0 Å². The van der Waals surface area contributed by atoms with Crippen LogP contribution in [0, 0.1) is 5.92 Å². The van der Waals surface area contributed by atoms with E-state index in [1.165, 1.54) is 0 Å². The third kappa shape index (κ3) is 3.53. The molecule has 0 saturated heterocycles. The van der Waals surface area contributed by atoms with Crippen LogP contribution >= 0.6 is 35.6 Å². The van der Waals surface area contributed by atoms with Crippen LogP contribution in [0.2, 0.25) is 10.0 Å². The number of halogens is 3. The quantitative estimate of drug-likeness (QED) is 0.860. The minimum absolute atomic E-state index is 0. The van der Waals surface area contributed by atoms with Crippen molar-refractivity contribution in [3.63, 3.8) is 0 Å². The molecule has 0 spiro atoms. The van der Waals surface area contributed by atoms with Crippen LogP contribution in [0.4, 0.5) is 0 Å². The summed E-state index contributed by atoms with van der Waals surface area (Å²) in [5.74, 6) is 0.382. The van der Waals surface area contributed by atoms with Crippen molar-refractivity contribution >= 4 is 35.6 Å². The van der Waals surface area contributed by atoms with Gasteiger partial charge >= 0.3 is 0 Å². The highest BCUT2D eigenvalue weighted by molar-refractivity contribution is 6.36. The highest BCUT2D eigenvalue weighted by atomic mass is 35.5. The maximum absolute atomic E-state index is 6.08. The topological polar surface area (TPSA) is 26.0 Å². The minimum atomic E-state index is -0.0822. The van der Waals surface area contributed by atoms with Crippen molar-refractivity contribution in [3.8, 4) is 0 Å². The number of hydrogen-bond acceptors (Lipinski definition) is 1. The Morgan fingerprint density at radius 1 is 1.27 bits per heavy atom. The van der Waals surface area contributed by atoms with Gasteiger partial charge in [-0.1, -0.05) is 49.5 Å².